The summed E-state index contributed by atoms with van der Waals surface area (Å²) in [6, 6.07) is 47.6. The van der Waals surface area contributed by atoms with Gasteiger partial charge in [0.1, 0.15) is 62.2 Å². The summed E-state index contributed by atoms with van der Waals surface area (Å²) >= 11 is 0. The van der Waals surface area contributed by atoms with Gasteiger partial charge in [-0.2, -0.15) is 0 Å². The van der Waals surface area contributed by atoms with E-state index in [0.717, 1.165) is 27.8 Å². The van der Waals surface area contributed by atoms with E-state index >= 15 is 8.78 Å². The molecule has 0 aliphatic carbocycles. The van der Waals surface area contributed by atoms with Crippen LogP contribution in [0.25, 0.3) is 0 Å². The Balaban J connectivity index is 1.22. The molecular weight excluding hydrogens is 747 g/mol. The lowest BCUT2D eigenvalue weighted by atomic mass is 9.96. The van der Waals surface area contributed by atoms with E-state index in [-0.39, 0.29) is 33.0 Å². The van der Waals surface area contributed by atoms with Crippen molar-refractivity contribution in [3.8, 4) is 0 Å². The van der Waals surface area contributed by atoms with Crippen LogP contribution in [0.4, 0.5) is 8.78 Å². The third-order valence-electron chi connectivity index (χ3n) is 10.2. The molecule has 2 fully saturated rings. The van der Waals surface area contributed by atoms with Crippen LogP contribution < -0.4 is 0 Å². The van der Waals surface area contributed by atoms with E-state index in [1.165, 1.54) is 0 Å². The van der Waals surface area contributed by atoms with Crippen molar-refractivity contribution < 1.29 is 51.8 Å². The molecule has 2 heterocycles. The van der Waals surface area contributed by atoms with Gasteiger partial charge in [0.15, 0.2) is 12.6 Å². The number of alkyl halides is 2. The van der Waals surface area contributed by atoms with E-state index in [9.17, 15) is 5.11 Å². The number of hydrogen-bond donors (Lipinski definition) is 1. The normalized spacial score (nSPS) is 27.3. The van der Waals surface area contributed by atoms with Gasteiger partial charge in [0.25, 0.3) is 0 Å². The zero-order valence-electron chi connectivity index (χ0n) is 32.1. The molecule has 306 valence electrons. The number of aliphatic hydroxyl groups is 1. The van der Waals surface area contributed by atoms with Crippen molar-refractivity contribution in [3.05, 3.63) is 179 Å². The molecule has 9 nitrogen and oxygen atoms in total. The van der Waals surface area contributed by atoms with Crippen molar-refractivity contribution in [2.45, 2.75) is 94.4 Å². The van der Waals surface area contributed by atoms with Gasteiger partial charge in [-0.3, -0.25) is 0 Å². The fourth-order valence-electron chi connectivity index (χ4n) is 7.22. The molecule has 2 saturated heterocycles. The Hall–Kier alpha value is -4.40. The Kier molecular flexibility index (Phi) is 15.5. The molecule has 2 aliphatic heterocycles. The second-order valence-corrected chi connectivity index (χ2v) is 14.3. The Morgan fingerprint density at radius 2 is 0.690 bits per heavy atom. The zero-order valence-corrected chi connectivity index (χ0v) is 32.1. The van der Waals surface area contributed by atoms with Crippen LogP contribution in [0.5, 0.6) is 0 Å². The van der Waals surface area contributed by atoms with Crippen LogP contribution in [0.1, 0.15) is 27.8 Å². The van der Waals surface area contributed by atoms with Gasteiger partial charge in [0.2, 0.25) is 0 Å². The van der Waals surface area contributed by atoms with Crippen LogP contribution in [-0.4, -0.2) is 79.9 Å². The minimum Gasteiger partial charge on any atom is -0.368 e. The lowest BCUT2D eigenvalue weighted by Gasteiger charge is -2.49. The monoisotopic (exact) mass is 796 g/mol. The topological polar surface area (TPSA) is 94.1 Å². The first-order valence-electron chi connectivity index (χ1n) is 19.6. The number of rotatable bonds is 19. The van der Waals surface area contributed by atoms with Crippen molar-refractivity contribution in [3.63, 3.8) is 0 Å². The highest BCUT2D eigenvalue weighted by atomic mass is 19.1. The zero-order chi connectivity index (χ0) is 39.9. The Bertz CT molecular complexity index is 1880. The lowest BCUT2D eigenvalue weighted by Crippen LogP contribution is -2.66. The maximum Gasteiger partial charge on any atom is 0.187 e. The minimum absolute atomic E-state index is 0.0903. The van der Waals surface area contributed by atoms with E-state index in [0.29, 0.717) is 0 Å². The minimum atomic E-state index is -1.56. The van der Waals surface area contributed by atoms with Gasteiger partial charge in [-0.1, -0.05) is 152 Å². The third-order valence-corrected chi connectivity index (χ3v) is 10.2. The third kappa shape index (κ3) is 11.2. The predicted octanol–water partition coefficient (Wildman–Crippen LogP) is 7.68. The maximum atomic E-state index is 15.3. The number of aliphatic hydroxyl groups excluding tert-OH is 1. The van der Waals surface area contributed by atoms with E-state index in [4.69, 9.17) is 37.9 Å². The lowest BCUT2D eigenvalue weighted by molar-refractivity contribution is -0.371. The van der Waals surface area contributed by atoms with Crippen LogP contribution in [0.3, 0.4) is 0 Å². The van der Waals surface area contributed by atoms with E-state index in [1.807, 2.05) is 152 Å². The molecule has 0 unspecified atom stereocenters. The SMILES string of the molecule is O[C@H]1O[C@H](CF)[C@@H](O[C@@H]2O[C@H](CF)[C@@H](OCc3ccccc3)[C@H](OCc3ccccc3)[C@H]2OCc2ccccc2)[C@H](OCc2ccccc2)[C@H]1OCc1ccccc1. The van der Waals surface area contributed by atoms with Crippen molar-refractivity contribution in [2.24, 2.45) is 0 Å². The number of halogens is 2. The summed E-state index contributed by atoms with van der Waals surface area (Å²) in [4.78, 5) is 0. The van der Waals surface area contributed by atoms with Crippen molar-refractivity contribution in [1.29, 1.82) is 0 Å². The fraction of sp³-hybridized carbons (Fsp3) is 0.362. The molecule has 7 rings (SSSR count). The maximum absolute atomic E-state index is 15.3. The molecule has 0 radical (unpaired) electrons. The van der Waals surface area contributed by atoms with Gasteiger partial charge in [-0.05, 0) is 27.8 Å². The summed E-state index contributed by atoms with van der Waals surface area (Å²) < 4.78 is 82.0. The van der Waals surface area contributed by atoms with Crippen LogP contribution in [-0.2, 0) is 70.9 Å². The van der Waals surface area contributed by atoms with Crippen LogP contribution in [0, 0.1) is 0 Å². The fourth-order valence-corrected chi connectivity index (χ4v) is 7.22. The first kappa shape index (κ1) is 41.7. The summed E-state index contributed by atoms with van der Waals surface area (Å²) in [7, 11) is 0. The quantitative estimate of drug-likeness (QED) is 0.0904. The number of hydrogen-bond acceptors (Lipinski definition) is 9. The second kappa shape index (κ2) is 21.6. The Labute approximate surface area is 338 Å². The Morgan fingerprint density at radius 1 is 0.379 bits per heavy atom. The highest BCUT2D eigenvalue weighted by Gasteiger charge is 2.54. The molecule has 0 spiro atoms. The molecule has 0 bridgehead atoms. The number of ether oxygens (including phenoxy) is 8. The largest absolute Gasteiger partial charge is 0.368 e. The molecule has 0 saturated carbocycles. The van der Waals surface area contributed by atoms with E-state index < -0.39 is 74.8 Å². The average Bonchev–Trinajstić information content (AvgIpc) is 3.28. The van der Waals surface area contributed by atoms with Gasteiger partial charge >= 0.3 is 0 Å². The van der Waals surface area contributed by atoms with E-state index in [2.05, 4.69) is 0 Å². The molecule has 2 aliphatic rings. The highest BCUT2D eigenvalue weighted by Crippen LogP contribution is 2.36. The summed E-state index contributed by atoms with van der Waals surface area (Å²) in [5.74, 6) is 0. The summed E-state index contributed by atoms with van der Waals surface area (Å²) in [5.41, 5.74) is 4.31. The molecule has 0 amide bonds. The standard InChI is InChI=1S/C47H50F2O9/c48-26-38-40(51-28-33-16-6-1-7-17-33)42(52-29-34-18-8-2-9-19-34)45(55-32-37-24-14-5-15-25-37)47(57-38)58-41-39(27-49)56-46(50)44(54-31-36-22-12-4-13-23-36)43(41)53-30-35-20-10-3-11-21-35/h1-25,38-47,50H,26-32H2/t38-,39-,40-,41-,42+,43+,44-,45-,46+,47+/m1/s1. The van der Waals surface area contributed by atoms with Gasteiger partial charge in [-0.25, -0.2) is 8.78 Å². The van der Waals surface area contributed by atoms with Gasteiger partial charge in [-0.15, -0.1) is 0 Å². The summed E-state index contributed by atoms with van der Waals surface area (Å²) in [5, 5.41) is 11.3. The van der Waals surface area contributed by atoms with Gasteiger partial charge < -0.3 is 43.0 Å². The predicted molar refractivity (Wildman–Crippen MR) is 211 cm³/mol. The molecule has 10 atom stereocenters. The first-order chi connectivity index (χ1) is 28.6. The molecule has 1 N–H and O–H groups in total. The Morgan fingerprint density at radius 3 is 1.07 bits per heavy atom. The van der Waals surface area contributed by atoms with Crippen LogP contribution in [0.2, 0.25) is 0 Å². The average molecular weight is 797 g/mol. The second-order valence-electron chi connectivity index (χ2n) is 14.3. The number of benzene rings is 5. The van der Waals surface area contributed by atoms with Gasteiger partial charge in [0.05, 0.1) is 33.0 Å². The first-order valence-corrected chi connectivity index (χ1v) is 19.6. The molecule has 5 aromatic rings. The van der Waals surface area contributed by atoms with Crippen LogP contribution in [0.15, 0.2) is 152 Å². The van der Waals surface area contributed by atoms with Gasteiger partial charge in [0, 0.05) is 0 Å². The van der Waals surface area contributed by atoms with E-state index in [1.54, 1.807) is 0 Å². The van der Waals surface area contributed by atoms with Crippen molar-refractivity contribution >= 4 is 0 Å². The summed E-state index contributed by atoms with van der Waals surface area (Å²) in [6.07, 6.45) is -11.7. The smallest absolute Gasteiger partial charge is 0.187 e. The molecule has 5 aromatic carbocycles. The molecule has 58 heavy (non-hydrogen) atoms. The summed E-state index contributed by atoms with van der Waals surface area (Å²) in [6.45, 7) is -1.36. The molecule has 0 aromatic heterocycles. The highest BCUT2D eigenvalue weighted by molar-refractivity contribution is 5.17. The van der Waals surface area contributed by atoms with Crippen LogP contribution >= 0.6 is 0 Å². The molecular formula is C47H50F2O9. The molecule has 11 heteroatoms. The van der Waals surface area contributed by atoms with Crippen molar-refractivity contribution in [1.82, 2.24) is 0 Å². The van der Waals surface area contributed by atoms with Crippen molar-refractivity contribution in [2.75, 3.05) is 13.3 Å².